The smallest absolute Gasteiger partial charge is 0.131 e. The Morgan fingerprint density at radius 1 is 1.14 bits per heavy atom. The van der Waals surface area contributed by atoms with Crippen LogP contribution in [-0.4, -0.2) is 34.0 Å². The minimum atomic E-state index is 0.144. The van der Waals surface area contributed by atoms with Gasteiger partial charge in [-0.25, -0.2) is 9.97 Å². The lowest BCUT2D eigenvalue weighted by atomic mass is 9.90. The molecular formula is C17H26N4. The Balaban J connectivity index is 1.60. The first-order valence-corrected chi connectivity index (χ1v) is 8.55. The van der Waals surface area contributed by atoms with E-state index in [1.807, 2.05) is 6.20 Å². The van der Waals surface area contributed by atoms with Crippen molar-refractivity contribution in [1.82, 2.24) is 14.9 Å². The SMILES string of the molecule is CN1C2CCC1CC(c1ncc3c(n1)CCCCC3N)C2. The summed E-state index contributed by atoms with van der Waals surface area (Å²) in [4.78, 5) is 12.3. The molecule has 0 radical (unpaired) electrons. The first kappa shape index (κ1) is 13.6. The minimum absolute atomic E-state index is 0.144. The standard InChI is InChI=1S/C17H26N4/c1-21-12-6-7-13(21)9-11(8-12)17-19-10-14-15(18)4-2-3-5-16(14)20-17/h10-13,15H,2-9,18H2,1H3. The average molecular weight is 286 g/mol. The van der Waals surface area contributed by atoms with Gasteiger partial charge < -0.3 is 10.6 Å². The van der Waals surface area contributed by atoms with Crippen LogP contribution in [0.1, 0.15) is 74.0 Å². The van der Waals surface area contributed by atoms with Crippen molar-refractivity contribution in [2.24, 2.45) is 5.73 Å². The second-order valence-corrected chi connectivity index (χ2v) is 7.20. The molecule has 21 heavy (non-hydrogen) atoms. The first-order chi connectivity index (χ1) is 10.2. The van der Waals surface area contributed by atoms with Gasteiger partial charge in [-0.3, -0.25) is 0 Å². The molecule has 3 aliphatic rings. The summed E-state index contributed by atoms with van der Waals surface area (Å²) in [5.74, 6) is 1.65. The Hall–Kier alpha value is -1.00. The number of piperidine rings is 1. The molecule has 2 saturated heterocycles. The lowest BCUT2D eigenvalue weighted by molar-refractivity contribution is 0.158. The molecule has 4 heteroatoms. The van der Waals surface area contributed by atoms with E-state index in [1.54, 1.807) is 0 Å². The molecule has 3 unspecified atom stereocenters. The summed E-state index contributed by atoms with van der Waals surface area (Å²) < 4.78 is 0. The van der Waals surface area contributed by atoms with E-state index in [0.717, 1.165) is 30.7 Å². The molecule has 0 spiro atoms. The minimum Gasteiger partial charge on any atom is -0.324 e. The van der Waals surface area contributed by atoms with Crippen molar-refractivity contribution >= 4 is 0 Å². The third-order valence-corrected chi connectivity index (χ3v) is 5.96. The number of rotatable bonds is 1. The summed E-state index contributed by atoms with van der Waals surface area (Å²) in [6.07, 6.45) is 11.8. The van der Waals surface area contributed by atoms with E-state index in [0.29, 0.717) is 5.92 Å². The van der Waals surface area contributed by atoms with Crippen LogP contribution in [0.3, 0.4) is 0 Å². The molecule has 2 N–H and O–H groups in total. The normalized spacial score (nSPS) is 36.3. The number of nitrogens with zero attached hydrogens (tertiary/aromatic N) is 3. The maximum Gasteiger partial charge on any atom is 0.131 e. The predicted octanol–water partition coefficient (Wildman–Crippen LogP) is 2.54. The molecule has 2 aliphatic heterocycles. The number of hydrogen-bond acceptors (Lipinski definition) is 4. The number of fused-ring (bicyclic) bond motifs is 3. The van der Waals surface area contributed by atoms with Crippen LogP contribution in [0.5, 0.6) is 0 Å². The van der Waals surface area contributed by atoms with Crippen molar-refractivity contribution in [3.63, 3.8) is 0 Å². The number of nitrogens with two attached hydrogens (primary N) is 1. The van der Waals surface area contributed by atoms with Crippen LogP contribution in [0.25, 0.3) is 0 Å². The second-order valence-electron chi connectivity index (χ2n) is 7.20. The van der Waals surface area contributed by atoms with Crippen LogP contribution >= 0.6 is 0 Å². The zero-order valence-electron chi connectivity index (χ0n) is 13.0. The molecule has 4 nitrogen and oxygen atoms in total. The maximum atomic E-state index is 6.26. The van der Waals surface area contributed by atoms with Crippen LogP contribution in [0.4, 0.5) is 0 Å². The van der Waals surface area contributed by atoms with Gasteiger partial charge in [-0.05, 0) is 52.0 Å². The summed E-state index contributed by atoms with van der Waals surface area (Å²) in [5, 5.41) is 0. The first-order valence-electron chi connectivity index (χ1n) is 8.55. The van der Waals surface area contributed by atoms with Gasteiger partial charge in [0.2, 0.25) is 0 Å². The van der Waals surface area contributed by atoms with Gasteiger partial charge in [0.25, 0.3) is 0 Å². The molecule has 3 heterocycles. The lowest BCUT2D eigenvalue weighted by Crippen LogP contribution is -2.39. The van der Waals surface area contributed by atoms with Crippen molar-refractivity contribution < 1.29 is 0 Å². The third kappa shape index (κ3) is 2.38. The summed E-state index contributed by atoms with van der Waals surface area (Å²) in [6, 6.07) is 1.64. The van der Waals surface area contributed by atoms with Crippen LogP contribution < -0.4 is 5.73 Å². The molecule has 3 atom stereocenters. The molecule has 2 bridgehead atoms. The topological polar surface area (TPSA) is 55.0 Å². The molecule has 1 aromatic heterocycles. The van der Waals surface area contributed by atoms with Crippen LogP contribution in [0.15, 0.2) is 6.20 Å². The summed E-state index contributed by atoms with van der Waals surface area (Å²) in [5.41, 5.74) is 8.69. The average Bonchev–Trinajstić information content (AvgIpc) is 2.71. The monoisotopic (exact) mass is 286 g/mol. The van der Waals surface area contributed by atoms with Gasteiger partial charge in [-0.2, -0.15) is 0 Å². The largest absolute Gasteiger partial charge is 0.324 e. The van der Waals surface area contributed by atoms with Crippen LogP contribution in [0.2, 0.25) is 0 Å². The molecule has 0 saturated carbocycles. The molecule has 2 fully saturated rings. The van der Waals surface area contributed by atoms with Crippen molar-refractivity contribution in [3.8, 4) is 0 Å². The fraction of sp³-hybridized carbons (Fsp3) is 0.765. The van der Waals surface area contributed by atoms with Gasteiger partial charge in [0.1, 0.15) is 5.82 Å². The summed E-state index contributed by atoms with van der Waals surface area (Å²) in [6.45, 7) is 0. The van der Waals surface area contributed by atoms with Gasteiger partial charge >= 0.3 is 0 Å². The number of aromatic nitrogens is 2. The van der Waals surface area contributed by atoms with Crippen molar-refractivity contribution in [2.75, 3.05) is 7.05 Å². The summed E-state index contributed by atoms with van der Waals surface area (Å²) in [7, 11) is 2.29. The Bertz CT molecular complexity index is 516. The highest BCUT2D eigenvalue weighted by molar-refractivity contribution is 5.24. The van der Waals surface area contributed by atoms with E-state index in [-0.39, 0.29) is 6.04 Å². The predicted molar refractivity (Wildman–Crippen MR) is 83.1 cm³/mol. The molecular weight excluding hydrogens is 260 g/mol. The highest BCUT2D eigenvalue weighted by atomic mass is 15.2. The number of hydrogen-bond donors (Lipinski definition) is 1. The quantitative estimate of drug-likeness (QED) is 0.806. The van der Waals surface area contributed by atoms with Gasteiger partial charge in [-0.15, -0.1) is 0 Å². The van der Waals surface area contributed by atoms with Crippen molar-refractivity contribution in [3.05, 3.63) is 23.3 Å². The molecule has 0 aromatic carbocycles. The van der Waals surface area contributed by atoms with E-state index in [2.05, 4.69) is 11.9 Å². The van der Waals surface area contributed by atoms with Gasteiger partial charge in [0, 0.05) is 41.5 Å². The van der Waals surface area contributed by atoms with E-state index in [1.165, 1.54) is 49.8 Å². The zero-order valence-corrected chi connectivity index (χ0v) is 13.0. The number of aryl methyl sites for hydroxylation is 1. The lowest BCUT2D eigenvalue weighted by Gasteiger charge is -2.35. The second kappa shape index (κ2) is 5.33. The summed E-state index contributed by atoms with van der Waals surface area (Å²) >= 11 is 0. The third-order valence-electron chi connectivity index (χ3n) is 5.96. The Labute approximate surface area is 127 Å². The van der Waals surface area contributed by atoms with Gasteiger partial charge in [0.05, 0.1) is 0 Å². The Morgan fingerprint density at radius 2 is 1.90 bits per heavy atom. The highest BCUT2D eigenvalue weighted by Crippen LogP contribution is 2.41. The maximum absolute atomic E-state index is 6.26. The van der Waals surface area contributed by atoms with E-state index in [9.17, 15) is 0 Å². The highest BCUT2D eigenvalue weighted by Gasteiger charge is 2.40. The zero-order chi connectivity index (χ0) is 14.4. The van der Waals surface area contributed by atoms with Crippen LogP contribution in [-0.2, 0) is 6.42 Å². The molecule has 114 valence electrons. The fourth-order valence-electron chi connectivity index (χ4n) is 4.58. The van der Waals surface area contributed by atoms with E-state index in [4.69, 9.17) is 15.7 Å². The Morgan fingerprint density at radius 3 is 2.67 bits per heavy atom. The van der Waals surface area contributed by atoms with Gasteiger partial charge in [-0.1, -0.05) is 6.42 Å². The van der Waals surface area contributed by atoms with E-state index >= 15 is 0 Å². The Kier molecular flexibility index (Phi) is 3.46. The molecule has 0 amide bonds. The molecule has 1 aliphatic carbocycles. The van der Waals surface area contributed by atoms with Crippen molar-refractivity contribution in [2.45, 2.75) is 75.4 Å². The van der Waals surface area contributed by atoms with Crippen molar-refractivity contribution in [1.29, 1.82) is 0 Å². The fourth-order valence-corrected chi connectivity index (χ4v) is 4.58. The molecule has 4 rings (SSSR count). The van der Waals surface area contributed by atoms with Gasteiger partial charge in [0.15, 0.2) is 0 Å². The van der Waals surface area contributed by atoms with E-state index < -0.39 is 0 Å². The molecule has 1 aromatic rings. The van der Waals surface area contributed by atoms with Crippen LogP contribution in [0, 0.1) is 0 Å².